The van der Waals surface area contributed by atoms with E-state index >= 15 is 0 Å². The predicted molar refractivity (Wildman–Crippen MR) is 74.9 cm³/mol. The standard InChI is InChI=1S/C14H17F2N3O3/c15-14(16)21-11-2-1-10(7-12(11)22-14)18-13(20)8-19-5-3-9(17)4-6-19/h1-2,7,9H,3-6,8,17H2,(H,18,20). The van der Waals surface area contributed by atoms with E-state index in [1.807, 2.05) is 4.90 Å². The average molecular weight is 313 g/mol. The normalized spacial score (nSPS) is 20.9. The SMILES string of the molecule is NC1CCN(CC(=O)Nc2ccc3c(c2)OC(F)(F)O3)CC1. The molecule has 1 aromatic rings. The number of nitrogens with zero attached hydrogens (tertiary/aromatic N) is 1. The fraction of sp³-hybridized carbons (Fsp3) is 0.500. The number of fused-ring (bicyclic) bond motifs is 1. The van der Waals surface area contributed by atoms with Gasteiger partial charge < -0.3 is 20.5 Å². The van der Waals surface area contributed by atoms with E-state index in [1.54, 1.807) is 0 Å². The second-order valence-electron chi connectivity index (χ2n) is 5.49. The summed E-state index contributed by atoms with van der Waals surface area (Å²) >= 11 is 0. The van der Waals surface area contributed by atoms with Gasteiger partial charge in [-0.2, -0.15) is 0 Å². The number of halogens is 2. The summed E-state index contributed by atoms with van der Waals surface area (Å²) in [5.74, 6) is -0.346. The van der Waals surface area contributed by atoms with E-state index < -0.39 is 6.29 Å². The monoisotopic (exact) mass is 313 g/mol. The smallest absolute Gasteiger partial charge is 0.395 e. The largest absolute Gasteiger partial charge is 0.586 e. The summed E-state index contributed by atoms with van der Waals surface area (Å²) in [6.45, 7) is 1.81. The minimum atomic E-state index is -3.66. The van der Waals surface area contributed by atoms with E-state index in [-0.39, 0.29) is 30.0 Å². The molecule has 120 valence electrons. The highest BCUT2D eigenvalue weighted by Crippen LogP contribution is 2.42. The quantitative estimate of drug-likeness (QED) is 0.881. The van der Waals surface area contributed by atoms with Gasteiger partial charge in [0.05, 0.1) is 6.54 Å². The minimum absolute atomic E-state index is 0.0481. The molecule has 0 radical (unpaired) electrons. The van der Waals surface area contributed by atoms with Gasteiger partial charge in [0, 0.05) is 30.9 Å². The summed E-state index contributed by atoms with van der Waals surface area (Å²) in [4.78, 5) is 14.0. The molecule has 1 saturated heterocycles. The third kappa shape index (κ3) is 3.45. The van der Waals surface area contributed by atoms with Crippen LogP contribution in [0.5, 0.6) is 11.5 Å². The lowest BCUT2D eigenvalue weighted by molar-refractivity contribution is -0.286. The van der Waals surface area contributed by atoms with Crippen LogP contribution in [0.15, 0.2) is 18.2 Å². The van der Waals surface area contributed by atoms with Crippen molar-refractivity contribution < 1.29 is 23.0 Å². The number of piperidine rings is 1. The number of benzene rings is 1. The molecule has 0 bridgehead atoms. The Kier molecular flexibility index (Phi) is 3.88. The van der Waals surface area contributed by atoms with Crippen LogP contribution in [0.25, 0.3) is 0 Å². The molecule has 8 heteroatoms. The first-order valence-electron chi connectivity index (χ1n) is 7.09. The van der Waals surface area contributed by atoms with Crippen molar-refractivity contribution in [2.75, 3.05) is 25.0 Å². The molecule has 3 N–H and O–H groups in total. The Balaban J connectivity index is 1.56. The number of hydrogen-bond donors (Lipinski definition) is 2. The number of anilines is 1. The lowest BCUT2D eigenvalue weighted by Gasteiger charge is -2.29. The van der Waals surface area contributed by atoms with Gasteiger partial charge in [-0.15, -0.1) is 8.78 Å². The van der Waals surface area contributed by atoms with Crippen LogP contribution in [0.4, 0.5) is 14.5 Å². The van der Waals surface area contributed by atoms with Gasteiger partial charge in [-0.1, -0.05) is 0 Å². The third-order valence-corrected chi connectivity index (χ3v) is 3.68. The van der Waals surface area contributed by atoms with Gasteiger partial charge >= 0.3 is 6.29 Å². The second-order valence-corrected chi connectivity index (χ2v) is 5.49. The Morgan fingerprint density at radius 2 is 2.00 bits per heavy atom. The van der Waals surface area contributed by atoms with Crippen molar-refractivity contribution in [3.8, 4) is 11.5 Å². The molecule has 6 nitrogen and oxygen atoms in total. The first kappa shape index (κ1) is 15.0. The number of carbonyl (C=O) groups is 1. The number of amides is 1. The Morgan fingerprint density at radius 3 is 2.73 bits per heavy atom. The molecule has 0 atom stereocenters. The first-order chi connectivity index (χ1) is 10.4. The Labute approximate surface area is 126 Å². The lowest BCUT2D eigenvalue weighted by atomic mass is 10.1. The average Bonchev–Trinajstić information content (AvgIpc) is 2.74. The topological polar surface area (TPSA) is 76.8 Å². The van der Waals surface area contributed by atoms with E-state index in [9.17, 15) is 13.6 Å². The highest BCUT2D eigenvalue weighted by atomic mass is 19.3. The highest BCUT2D eigenvalue weighted by Gasteiger charge is 2.43. The zero-order valence-electron chi connectivity index (χ0n) is 11.9. The van der Waals surface area contributed by atoms with Gasteiger partial charge in [0.1, 0.15) is 0 Å². The van der Waals surface area contributed by atoms with Crippen molar-refractivity contribution in [3.05, 3.63) is 18.2 Å². The van der Waals surface area contributed by atoms with Crippen LogP contribution in [-0.2, 0) is 4.79 Å². The number of likely N-dealkylation sites (tertiary alicyclic amines) is 1. The van der Waals surface area contributed by atoms with Crippen LogP contribution in [0.1, 0.15) is 12.8 Å². The fourth-order valence-electron chi connectivity index (χ4n) is 2.54. The number of rotatable bonds is 3. The van der Waals surface area contributed by atoms with Crippen molar-refractivity contribution in [2.45, 2.75) is 25.2 Å². The van der Waals surface area contributed by atoms with Crippen molar-refractivity contribution in [2.24, 2.45) is 5.73 Å². The second kappa shape index (κ2) is 5.69. The van der Waals surface area contributed by atoms with Gasteiger partial charge in [0.15, 0.2) is 11.5 Å². The zero-order valence-corrected chi connectivity index (χ0v) is 11.9. The molecule has 2 aliphatic heterocycles. The molecule has 0 unspecified atom stereocenters. The van der Waals surface area contributed by atoms with E-state index in [1.165, 1.54) is 18.2 Å². The number of nitrogens with two attached hydrogens (primary N) is 1. The summed E-state index contributed by atoms with van der Waals surface area (Å²) in [5.41, 5.74) is 6.20. The summed E-state index contributed by atoms with van der Waals surface area (Å²) in [5, 5.41) is 2.67. The van der Waals surface area contributed by atoms with Crippen LogP contribution in [0.3, 0.4) is 0 Å². The van der Waals surface area contributed by atoms with Crippen molar-refractivity contribution in [1.82, 2.24) is 4.90 Å². The molecule has 0 saturated carbocycles. The number of carbonyl (C=O) groups excluding carboxylic acids is 1. The maximum Gasteiger partial charge on any atom is 0.586 e. The summed E-state index contributed by atoms with van der Waals surface area (Å²) in [7, 11) is 0. The molecular formula is C14H17F2N3O3. The third-order valence-electron chi connectivity index (χ3n) is 3.68. The molecular weight excluding hydrogens is 296 g/mol. The molecule has 0 spiro atoms. The maximum atomic E-state index is 12.9. The van der Waals surface area contributed by atoms with Crippen LogP contribution in [0, 0.1) is 0 Å². The molecule has 2 aliphatic rings. The molecule has 3 rings (SSSR count). The number of alkyl halides is 2. The van der Waals surface area contributed by atoms with Gasteiger partial charge in [0.25, 0.3) is 0 Å². The Morgan fingerprint density at radius 1 is 1.32 bits per heavy atom. The number of nitrogens with one attached hydrogen (secondary N) is 1. The van der Waals surface area contributed by atoms with Crippen molar-refractivity contribution in [3.63, 3.8) is 0 Å². The van der Waals surface area contributed by atoms with Gasteiger partial charge in [-0.3, -0.25) is 9.69 Å². The summed E-state index contributed by atoms with van der Waals surface area (Å²) < 4.78 is 34.5. The van der Waals surface area contributed by atoms with E-state index in [0.29, 0.717) is 5.69 Å². The lowest BCUT2D eigenvalue weighted by Crippen LogP contribution is -2.43. The number of ether oxygens (including phenoxy) is 2. The molecule has 0 aliphatic carbocycles. The zero-order chi connectivity index (χ0) is 15.7. The van der Waals surface area contributed by atoms with Gasteiger partial charge in [-0.05, 0) is 25.0 Å². The molecule has 1 amide bonds. The maximum absolute atomic E-state index is 12.9. The van der Waals surface area contributed by atoms with Crippen LogP contribution >= 0.6 is 0 Å². The van der Waals surface area contributed by atoms with Gasteiger partial charge in [-0.25, -0.2) is 0 Å². The van der Waals surface area contributed by atoms with Crippen molar-refractivity contribution in [1.29, 1.82) is 0 Å². The predicted octanol–water partition coefficient (Wildman–Crippen LogP) is 1.37. The van der Waals surface area contributed by atoms with E-state index in [0.717, 1.165) is 25.9 Å². The molecule has 2 heterocycles. The Hall–Kier alpha value is -1.93. The van der Waals surface area contributed by atoms with Crippen LogP contribution < -0.4 is 20.5 Å². The van der Waals surface area contributed by atoms with Gasteiger partial charge in [0.2, 0.25) is 5.91 Å². The summed E-state index contributed by atoms with van der Waals surface area (Å²) in [6.07, 6.45) is -1.92. The van der Waals surface area contributed by atoms with Crippen LogP contribution in [-0.4, -0.2) is 42.8 Å². The first-order valence-corrected chi connectivity index (χ1v) is 7.09. The molecule has 1 fully saturated rings. The fourth-order valence-corrected chi connectivity index (χ4v) is 2.54. The minimum Gasteiger partial charge on any atom is -0.395 e. The molecule has 22 heavy (non-hydrogen) atoms. The van der Waals surface area contributed by atoms with Crippen molar-refractivity contribution >= 4 is 11.6 Å². The van der Waals surface area contributed by atoms with Crippen LogP contribution in [0.2, 0.25) is 0 Å². The number of hydrogen-bond acceptors (Lipinski definition) is 5. The van der Waals surface area contributed by atoms with E-state index in [2.05, 4.69) is 14.8 Å². The molecule has 0 aromatic heterocycles. The summed E-state index contributed by atoms with van der Waals surface area (Å²) in [6, 6.07) is 4.36. The van der Waals surface area contributed by atoms with E-state index in [4.69, 9.17) is 5.73 Å². The Bertz CT molecular complexity index is 574. The molecule has 1 aromatic carbocycles. The highest BCUT2D eigenvalue weighted by molar-refractivity contribution is 5.92.